The van der Waals surface area contributed by atoms with Gasteiger partial charge in [-0.2, -0.15) is 0 Å². The Morgan fingerprint density at radius 2 is 0.938 bits per heavy atom. The summed E-state index contributed by atoms with van der Waals surface area (Å²) in [5.41, 5.74) is 18.6. The van der Waals surface area contributed by atoms with Crippen molar-refractivity contribution in [3.63, 3.8) is 0 Å². The standard InChI is InChI=1S/C62H42N2O/c1-2-15-51-47(12-1)39-60(53-17-4-3-16-52(51)53)63(48-33-28-42(29-34-48)41-24-26-43(27-25-41)46-32-37-57-56-20-7-10-23-61(56)65-62(57)40-46)49-35-30-44(31-36-49)45-13-11-14-50(38-45)64-58-21-8-5-18-54(58)55-19-6-9-22-59(55)64/h1-3,5-16,18-40H,4,17H2. The number of hydrogen-bond donors (Lipinski definition) is 0. The molecule has 0 saturated heterocycles. The first-order chi connectivity index (χ1) is 32.2. The molecule has 1 aliphatic carbocycles. The zero-order valence-electron chi connectivity index (χ0n) is 35.7. The largest absolute Gasteiger partial charge is 0.456 e. The molecular weight excluding hydrogens is 789 g/mol. The SMILES string of the molecule is C1=Cc2c(c(N(c3ccc(-c4ccc(-c5ccc6c(c5)oc5ccccc56)cc4)cc3)c3ccc(-c4cccc(-n5c6ccccc6c6ccccc65)c4)cc3)cc3ccccc23)CC1. The number of aromatic nitrogens is 1. The van der Waals surface area contributed by atoms with E-state index in [0.29, 0.717) is 0 Å². The van der Waals surface area contributed by atoms with E-state index in [1.165, 1.54) is 71.6 Å². The Morgan fingerprint density at radius 1 is 0.400 bits per heavy atom. The van der Waals surface area contributed by atoms with Crippen molar-refractivity contribution in [2.24, 2.45) is 0 Å². The molecule has 0 radical (unpaired) electrons. The van der Waals surface area contributed by atoms with Crippen LogP contribution in [-0.4, -0.2) is 4.57 Å². The van der Waals surface area contributed by atoms with Gasteiger partial charge >= 0.3 is 0 Å². The van der Waals surface area contributed by atoms with Gasteiger partial charge in [-0.25, -0.2) is 0 Å². The average molecular weight is 831 g/mol. The number of benzene rings is 10. The van der Waals surface area contributed by atoms with E-state index in [4.69, 9.17) is 4.42 Å². The fourth-order valence-electron chi connectivity index (χ4n) is 10.3. The third-order valence-electron chi connectivity index (χ3n) is 13.5. The molecule has 1 aliphatic rings. The maximum absolute atomic E-state index is 6.21. The van der Waals surface area contributed by atoms with E-state index in [2.05, 4.69) is 228 Å². The lowest BCUT2D eigenvalue weighted by Crippen LogP contribution is -2.14. The second-order valence-electron chi connectivity index (χ2n) is 17.2. The highest BCUT2D eigenvalue weighted by atomic mass is 16.3. The van der Waals surface area contributed by atoms with Gasteiger partial charge < -0.3 is 13.9 Å². The van der Waals surface area contributed by atoms with Crippen LogP contribution in [0.25, 0.3) is 99.7 Å². The minimum Gasteiger partial charge on any atom is -0.456 e. The molecular formula is C62H42N2O. The van der Waals surface area contributed by atoms with E-state index >= 15 is 0 Å². The summed E-state index contributed by atoms with van der Waals surface area (Å²) in [6, 6.07) is 79.4. The molecule has 0 bridgehead atoms. The molecule has 0 amide bonds. The number of fused-ring (bicyclic) bond motifs is 9. The molecule has 10 aromatic carbocycles. The minimum absolute atomic E-state index is 0.913. The summed E-state index contributed by atoms with van der Waals surface area (Å²) in [4.78, 5) is 2.46. The van der Waals surface area contributed by atoms with Crippen LogP contribution >= 0.6 is 0 Å². The van der Waals surface area contributed by atoms with Gasteiger partial charge in [-0.05, 0) is 141 Å². The third kappa shape index (κ3) is 6.27. The molecule has 13 rings (SSSR count). The zero-order valence-corrected chi connectivity index (χ0v) is 35.7. The van der Waals surface area contributed by atoms with Crippen molar-refractivity contribution in [2.75, 3.05) is 4.90 Å². The molecule has 0 saturated carbocycles. The van der Waals surface area contributed by atoms with Crippen LogP contribution in [0.15, 0.2) is 229 Å². The maximum Gasteiger partial charge on any atom is 0.136 e. The molecule has 3 heteroatoms. The maximum atomic E-state index is 6.21. The van der Waals surface area contributed by atoms with Crippen molar-refractivity contribution in [1.82, 2.24) is 4.57 Å². The Bertz CT molecular complexity index is 3760. The van der Waals surface area contributed by atoms with E-state index in [-0.39, 0.29) is 0 Å². The Morgan fingerprint density at radius 3 is 1.63 bits per heavy atom. The van der Waals surface area contributed by atoms with Gasteiger partial charge in [0, 0.05) is 38.6 Å². The Balaban J connectivity index is 0.867. The summed E-state index contributed by atoms with van der Waals surface area (Å²) in [6.45, 7) is 0. The van der Waals surface area contributed by atoms with Crippen LogP contribution in [0.4, 0.5) is 17.1 Å². The van der Waals surface area contributed by atoms with E-state index in [1.54, 1.807) is 0 Å². The number of para-hydroxylation sites is 3. The molecule has 0 spiro atoms. The van der Waals surface area contributed by atoms with Crippen molar-refractivity contribution in [3.05, 3.63) is 236 Å². The Kier molecular flexibility index (Phi) is 8.67. The lowest BCUT2D eigenvalue weighted by atomic mass is 9.89. The highest BCUT2D eigenvalue weighted by Crippen LogP contribution is 2.44. The molecule has 12 aromatic rings. The van der Waals surface area contributed by atoms with Crippen molar-refractivity contribution < 1.29 is 4.42 Å². The molecule has 0 fully saturated rings. The lowest BCUT2D eigenvalue weighted by Gasteiger charge is -2.30. The molecule has 306 valence electrons. The number of furan rings is 1. The average Bonchev–Trinajstić information content (AvgIpc) is 3.93. The van der Waals surface area contributed by atoms with Crippen molar-refractivity contribution in [3.8, 4) is 39.1 Å². The summed E-state index contributed by atoms with van der Waals surface area (Å²) in [5, 5.41) is 7.38. The van der Waals surface area contributed by atoms with Gasteiger partial charge in [-0.15, -0.1) is 0 Å². The molecule has 2 heterocycles. The van der Waals surface area contributed by atoms with Gasteiger partial charge in [-0.3, -0.25) is 0 Å². The smallest absolute Gasteiger partial charge is 0.136 e. The van der Waals surface area contributed by atoms with Gasteiger partial charge in [0.25, 0.3) is 0 Å². The van der Waals surface area contributed by atoms with E-state index in [9.17, 15) is 0 Å². The first kappa shape index (κ1) is 37.2. The second-order valence-corrected chi connectivity index (χ2v) is 17.2. The Labute approximate surface area is 377 Å². The van der Waals surface area contributed by atoms with Crippen molar-refractivity contribution in [1.29, 1.82) is 0 Å². The van der Waals surface area contributed by atoms with Crippen LogP contribution in [0.2, 0.25) is 0 Å². The van der Waals surface area contributed by atoms with E-state index in [1.807, 2.05) is 12.1 Å². The van der Waals surface area contributed by atoms with E-state index < -0.39 is 0 Å². The highest BCUT2D eigenvalue weighted by Gasteiger charge is 2.22. The van der Waals surface area contributed by atoms with Gasteiger partial charge in [0.15, 0.2) is 0 Å². The highest BCUT2D eigenvalue weighted by molar-refractivity contribution is 6.09. The molecule has 2 aromatic heterocycles. The van der Waals surface area contributed by atoms with Gasteiger partial charge in [0.1, 0.15) is 11.2 Å². The lowest BCUT2D eigenvalue weighted by molar-refractivity contribution is 0.669. The van der Waals surface area contributed by atoms with Crippen LogP contribution in [0, 0.1) is 0 Å². The predicted molar refractivity (Wildman–Crippen MR) is 274 cm³/mol. The molecule has 0 N–H and O–H groups in total. The van der Waals surface area contributed by atoms with Crippen LogP contribution in [0.1, 0.15) is 17.5 Å². The number of allylic oxidation sites excluding steroid dienone is 1. The summed E-state index contributed by atoms with van der Waals surface area (Å²) in [6.07, 6.45) is 6.67. The van der Waals surface area contributed by atoms with Crippen LogP contribution in [-0.2, 0) is 6.42 Å². The number of nitrogens with zero attached hydrogens (tertiary/aromatic N) is 2. The van der Waals surface area contributed by atoms with E-state index in [0.717, 1.165) is 63.0 Å². The summed E-state index contributed by atoms with van der Waals surface area (Å²) in [7, 11) is 0. The number of hydrogen-bond acceptors (Lipinski definition) is 2. The zero-order chi connectivity index (χ0) is 42.8. The van der Waals surface area contributed by atoms with Gasteiger partial charge in [-0.1, -0.05) is 158 Å². The first-order valence-corrected chi connectivity index (χ1v) is 22.5. The molecule has 0 atom stereocenters. The van der Waals surface area contributed by atoms with Crippen molar-refractivity contribution >= 4 is 77.7 Å². The van der Waals surface area contributed by atoms with Gasteiger partial charge in [0.2, 0.25) is 0 Å². The van der Waals surface area contributed by atoms with Crippen LogP contribution < -0.4 is 4.90 Å². The third-order valence-corrected chi connectivity index (χ3v) is 13.5. The van der Waals surface area contributed by atoms with Crippen LogP contribution in [0.5, 0.6) is 0 Å². The fraction of sp³-hybridized carbons (Fsp3) is 0.0323. The van der Waals surface area contributed by atoms with Crippen LogP contribution in [0.3, 0.4) is 0 Å². The molecule has 0 unspecified atom stereocenters. The molecule has 3 nitrogen and oxygen atoms in total. The number of anilines is 3. The fourth-order valence-corrected chi connectivity index (χ4v) is 10.3. The number of rotatable bonds is 7. The normalized spacial score (nSPS) is 12.4. The van der Waals surface area contributed by atoms with Crippen molar-refractivity contribution in [2.45, 2.75) is 12.8 Å². The summed E-state index contributed by atoms with van der Waals surface area (Å²) < 4.78 is 8.60. The Hall–Kier alpha value is -8.40. The minimum atomic E-state index is 0.913. The topological polar surface area (TPSA) is 21.3 Å². The first-order valence-electron chi connectivity index (χ1n) is 22.5. The monoisotopic (exact) mass is 830 g/mol. The second kappa shape index (κ2) is 15.1. The summed E-state index contributed by atoms with van der Waals surface area (Å²) >= 11 is 0. The van der Waals surface area contributed by atoms with Gasteiger partial charge in [0.05, 0.1) is 16.7 Å². The predicted octanol–water partition coefficient (Wildman–Crippen LogP) is 17.3. The molecule has 65 heavy (non-hydrogen) atoms. The quantitative estimate of drug-likeness (QED) is 0.160. The molecule has 0 aliphatic heterocycles. The summed E-state index contributed by atoms with van der Waals surface area (Å²) in [5.74, 6) is 0.